The van der Waals surface area contributed by atoms with Crippen LogP contribution in [0.5, 0.6) is 0 Å². The molecule has 0 bridgehead atoms. The third-order valence-corrected chi connectivity index (χ3v) is 4.48. The third-order valence-electron chi connectivity index (χ3n) is 2.85. The zero-order valence-corrected chi connectivity index (χ0v) is 16.1. The highest BCUT2D eigenvalue weighted by Crippen LogP contribution is 2.26. The van der Waals surface area contributed by atoms with Crippen LogP contribution in [0.1, 0.15) is 40.4 Å². The SMILES string of the molecule is CC(C)(Cc1nc2cc(Br)sc2c(=O)[nH]1)NC(=O)OC(C)(C)C. The summed E-state index contributed by atoms with van der Waals surface area (Å²) in [6, 6.07) is 1.81. The number of hydrogen-bond acceptors (Lipinski definition) is 5. The molecule has 2 aromatic heterocycles. The van der Waals surface area contributed by atoms with Gasteiger partial charge in [0.05, 0.1) is 9.30 Å². The van der Waals surface area contributed by atoms with E-state index in [0.717, 1.165) is 3.79 Å². The molecule has 0 saturated heterocycles. The molecule has 2 aromatic rings. The van der Waals surface area contributed by atoms with Gasteiger partial charge in [0.1, 0.15) is 16.1 Å². The molecular weight excluding hydrogens is 382 g/mol. The molecule has 0 aliphatic rings. The summed E-state index contributed by atoms with van der Waals surface area (Å²) in [5.74, 6) is 0.522. The van der Waals surface area contributed by atoms with Crippen LogP contribution in [-0.2, 0) is 11.2 Å². The van der Waals surface area contributed by atoms with Gasteiger partial charge < -0.3 is 15.0 Å². The summed E-state index contributed by atoms with van der Waals surface area (Å²) in [6.07, 6.45) is -0.116. The van der Waals surface area contributed by atoms with Gasteiger partial charge in [0, 0.05) is 12.0 Å². The lowest BCUT2D eigenvalue weighted by molar-refractivity contribution is 0.0471. The lowest BCUT2D eigenvalue weighted by Crippen LogP contribution is -2.47. The number of alkyl carbamates (subject to hydrolysis) is 1. The van der Waals surface area contributed by atoms with E-state index in [2.05, 4.69) is 31.2 Å². The molecule has 8 heteroatoms. The number of nitrogens with one attached hydrogen (secondary N) is 2. The van der Waals surface area contributed by atoms with E-state index in [1.54, 1.807) is 20.8 Å². The van der Waals surface area contributed by atoms with Gasteiger partial charge in [0.15, 0.2) is 0 Å². The topological polar surface area (TPSA) is 84.1 Å². The van der Waals surface area contributed by atoms with Crippen molar-refractivity contribution in [2.75, 3.05) is 0 Å². The lowest BCUT2D eigenvalue weighted by atomic mass is 10.0. The maximum absolute atomic E-state index is 12.1. The molecule has 0 atom stereocenters. The third kappa shape index (κ3) is 5.04. The first kappa shape index (κ1) is 17.9. The van der Waals surface area contributed by atoms with Crippen molar-refractivity contribution < 1.29 is 9.53 Å². The van der Waals surface area contributed by atoms with Crippen LogP contribution in [0.25, 0.3) is 10.2 Å². The van der Waals surface area contributed by atoms with Gasteiger partial charge in [-0.15, -0.1) is 11.3 Å². The number of aromatic amines is 1. The molecular formula is C15H20BrN3O3S. The fourth-order valence-electron chi connectivity index (χ4n) is 2.09. The van der Waals surface area contributed by atoms with E-state index < -0.39 is 17.2 Å². The number of thiophene rings is 1. The van der Waals surface area contributed by atoms with Gasteiger partial charge in [-0.2, -0.15) is 0 Å². The Balaban J connectivity index is 2.17. The number of hydrogen-bond donors (Lipinski definition) is 2. The Labute approximate surface area is 146 Å². The minimum Gasteiger partial charge on any atom is -0.444 e. The predicted octanol–water partition coefficient (Wildman–Crippen LogP) is 3.59. The molecule has 0 unspecified atom stereocenters. The maximum Gasteiger partial charge on any atom is 0.408 e. The molecule has 0 aromatic carbocycles. The van der Waals surface area contributed by atoms with Crippen LogP contribution in [0.2, 0.25) is 0 Å². The zero-order valence-electron chi connectivity index (χ0n) is 13.7. The molecule has 23 heavy (non-hydrogen) atoms. The average molecular weight is 402 g/mol. The number of nitrogens with zero attached hydrogens (tertiary/aromatic N) is 1. The van der Waals surface area contributed by atoms with Gasteiger partial charge in [-0.3, -0.25) is 4.79 Å². The number of aromatic nitrogens is 2. The summed E-state index contributed by atoms with van der Waals surface area (Å²) in [6.45, 7) is 9.12. The van der Waals surface area contributed by atoms with E-state index >= 15 is 0 Å². The van der Waals surface area contributed by atoms with Gasteiger partial charge in [0.25, 0.3) is 5.56 Å². The summed E-state index contributed by atoms with van der Waals surface area (Å²) in [5, 5.41) is 2.80. The molecule has 0 aliphatic heterocycles. The Morgan fingerprint density at radius 3 is 2.65 bits per heavy atom. The molecule has 2 rings (SSSR count). The molecule has 2 heterocycles. The van der Waals surface area contributed by atoms with Gasteiger partial charge in [-0.05, 0) is 56.6 Å². The smallest absolute Gasteiger partial charge is 0.408 e. The highest BCUT2D eigenvalue weighted by Gasteiger charge is 2.26. The molecule has 126 valence electrons. The molecule has 2 N–H and O–H groups in total. The zero-order chi connectivity index (χ0) is 17.4. The van der Waals surface area contributed by atoms with Crippen molar-refractivity contribution in [3.05, 3.63) is 26.0 Å². The van der Waals surface area contributed by atoms with Crippen LogP contribution < -0.4 is 10.9 Å². The summed E-state index contributed by atoms with van der Waals surface area (Å²) < 4.78 is 6.70. The highest BCUT2D eigenvalue weighted by molar-refractivity contribution is 9.11. The summed E-state index contributed by atoms with van der Waals surface area (Å²) >= 11 is 4.70. The van der Waals surface area contributed by atoms with Gasteiger partial charge in [-0.25, -0.2) is 9.78 Å². The van der Waals surface area contributed by atoms with Crippen molar-refractivity contribution >= 4 is 43.6 Å². The van der Waals surface area contributed by atoms with Crippen molar-refractivity contribution in [3.8, 4) is 0 Å². The standard InChI is InChI=1S/C15H20BrN3O3S/c1-14(2,3)22-13(21)19-15(4,5)7-10-17-8-6-9(16)23-11(8)12(20)18-10/h6H,7H2,1-5H3,(H,19,21)(H,17,18,20). The van der Waals surface area contributed by atoms with E-state index in [0.29, 0.717) is 22.5 Å². The highest BCUT2D eigenvalue weighted by atomic mass is 79.9. The largest absolute Gasteiger partial charge is 0.444 e. The van der Waals surface area contributed by atoms with Crippen LogP contribution in [0.4, 0.5) is 4.79 Å². The van der Waals surface area contributed by atoms with Gasteiger partial charge in [0.2, 0.25) is 0 Å². The van der Waals surface area contributed by atoms with Gasteiger partial charge >= 0.3 is 6.09 Å². The number of ether oxygens (including phenoxy) is 1. The second-order valence-electron chi connectivity index (χ2n) is 6.97. The van der Waals surface area contributed by atoms with Crippen LogP contribution in [-0.4, -0.2) is 27.2 Å². The number of fused-ring (bicyclic) bond motifs is 1. The number of amides is 1. The maximum atomic E-state index is 12.1. The number of halogens is 1. The van der Waals surface area contributed by atoms with Crippen molar-refractivity contribution in [2.45, 2.75) is 52.2 Å². The number of carbonyl (C=O) groups excluding carboxylic acids is 1. The minimum atomic E-state index is -0.612. The first-order valence-corrected chi connectivity index (χ1v) is 8.75. The molecule has 0 fully saturated rings. The number of carbonyl (C=O) groups is 1. The minimum absolute atomic E-state index is 0.172. The second kappa shape index (κ2) is 6.24. The fourth-order valence-corrected chi connectivity index (χ4v) is 3.51. The van der Waals surface area contributed by atoms with Crippen LogP contribution >= 0.6 is 27.3 Å². The summed E-state index contributed by atoms with van der Waals surface area (Å²) in [5.41, 5.74) is -0.698. The fraction of sp³-hybridized carbons (Fsp3) is 0.533. The van der Waals surface area contributed by atoms with E-state index in [9.17, 15) is 9.59 Å². The lowest BCUT2D eigenvalue weighted by Gasteiger charge is -2.28. The molecule has 0 spiro atoms. The molecule has 6 nitrogen and oxygen atoms in total. The summed E-state index contributed by atoms with van der Waals surface area (Å²) in [7, 11) is 0. The predicted molar refractivity (Wildman–Crippen MR) is 95.1 cm³/mol. The second-order valence-corrected chi connectivity index (χ2v) is 9.40. The molecule has 0 aliphatic carbocycles. The molecule has 0 radical (unpaired) electrons. The number of H-pyrrole nitrogens is 1. The molecule has 1 amide bonds. The van der Waals surface area contributed by atoms with Crippen molar-refractivity contribution in [2.24, 2.45) is 0 Å². The van der Waals surface area contributed by atoms with Crippen molar-refractivity contribution in [1.82, 2.24) is 15.3 Å². The Kier molecular flexibility index (Phi) is 4.86. The number of rotatable bonds is 3. The Morgan fingerprint density at radius 1 is 1.39 bits per heavy atom. The van der Waals surface area contributed by atoms with Crippen LogP contribution in [0.3, 0.4) is 0 Å². The first-order chi connectivity index (χ1) is 10.5. The van der Waals surface area contributed by atoms with E-state index in [1.807, 2.05) is 19.9 Å². The summed E-state index contributed by atoms with van der Waals surface area (Å²) in [4.78, 5) is 31.2. The molecule has 0 saturated carbocycles. The Hall–Kier alpha value is -1.41. The quantitative estimate of drug-likeness (QED) is 0.822. The monoisotopic (exact) mass is 401 g/mol. The Morgan fingerprint density at radius 2 is 2.04 bits per heavy atom. The first-order valence-electron chi connectivity index (χ1n) is 7.15. The van der Waals surface area contributed by atoms with Crippen molar-refractivity contribution in [3.63, 3.8) is 0 Å². The van der Waals surface area contributed by atoms with Gasteiger partial charge in [-0.1, -0.05) is 0 Å². The van der Waals surface area contributed by atoms with E-state index in [1.165, 1.54) is 11.3 Å². The van der Waals surface area contributed by atoms with E-state index in [4.69, 9.17) is 4.74 Å². The normalized spacial score (nSPS) is 12.4. The van der Waals surface area contributed by atoms with Crippen LogP contribution in [0.15, 0.2) is 14.6 Å². The van der Waals surface area contributed by atoms with Crippen LogP contribution in [0, 0.1) is 0 Å². The average Bonchev–Trinajstić information content (AvgIpc) is 2.65. The Bertz CT molecular complexity index is 789. The van der Waals surface area contributed by atoms with E-state index in [-0.39, 0.29) is 5.56 Å². The van der Waals surface area contributed by atoms with Crippen molar-refractivity contribution in [1.29, 1.82) is 0 Å².